The molecule has 47 heavy (non-hydrogen) atoms. The Morgan fingerprint density at radius 3 is 2.47 bits per heavy atom. The van der Waals surface area contributed by atoms with Crippen LogP contribution >= 0.6 is 0 Å². The molecule has 0 saturated carbocycles. The Kier molecular flexibility index (Phi) is 12.8. The molecule has 1 aliphatic heterocycles. The molecule has 13 nitrogen and oxygen atoms in total. The molecule has 256 valence electrons. The maximum absolute atomic E-state index is 13.4. The Labute approximate surface area is 275 Å². The number of aliphatic hydroxyl groups excluding tert-OH is 1. The van der Waals surface area contributed by atoms with Crippen molar-refractivity contribution in [3.63, 3.8) is 0 Å². The van der Waals surface area contributed by atoms with Gasteiger partial charge in [-0.1, -0.05) is 44.4 Å². The smallest absolute Gasteiger partial charge is 0.318 e. The Morgan fingerprint density at radius 1 is 1.09 bits per heavy atom. The van der Waals surface area contributed by atoms with Gasteiger partial charge in [-0.15, -0.1) is 0 Å². The highest BCUT2D eigenvalue weighted by molar-refractivity contribution is 7.89. The summed E-state index contributed by atoms with van der Waals surface area (Å²) in [4.78, 5) is 38.0. The van der Waals surface area contributed by atoms with Gasteiger partial charge in [-0.2, -0.15) is 4.31 Å². The zero-order chi connectivity index (χ0) is 34.0. The molecule has 8 N–H and O–H groups in total. The number of ether oxygens (including phenoxy) is 1. The number of amides is 4. The van der Waals surface area contributed by atoms with Crippen molar-refractivity contribution in [1.29, 1.82) is 0 Å². The van der Waals surface area contributed by atoms with Crippen molar-refractivity contribution in [1.82, 2.24) is 19.9 Å². The molecule has 2 aromatic carbocycles. The van der Waals surface area contributed by atoms with Gasteiger partial charge in [0.2, 0.25) is 15.9 Å². The number of aromatic nitrogens is 1. The number of aliphatic hydroxyl groups is 1. The van der Waals surface area contributed by atoms with Crippen LogP contribution in [0.3, 0.4) is 0 Å². The van der Waals surface area contributed by atoms with Crippen molar-refractivity contribution in [2.75, 3.05) is 32.8 Å². The predicted octanol–water partition coefficient (Wildman–Crippen LogP) is 2.95. The fraction of sp³-hybridized carbons (Fsp3) is 0.485. The largest absolute Gasteiger partial charge is 0.490 e. The molecule has 2 atom stereocenters. The standard InChI is InChI=1S/C33H46N6O7S/c1-2-3-4-6-24(17-31(41)38-33(35)43)23-9-11-26(12-10-23)47(44,45)39-15-13-22(14-16-39)19-36-20-25(40)21-46-30-8-5-7-28-27(30)18-29(37-28)32(34)42/h5,7-12,18,22,24-25,36-37,40H,2-4,6,13-17,19-21H2,1H3,(H2,34,42)(H3,35,38,41,43). The molecular formula is C33H46N6O7S. The fourth-order valence-electron chi connectivity index (χ4n) is 5.94. The van der Waals surface area contributed by atoms with Crippen LogP contribution in [0, 0.1) is 5.92 Å². The molecule has 0 aliphatic carbocycles. The summed E-state index contributed by atoms with van der Waals surface area (Å²) in [5.41, 5.74) is 12.3. The highest BCUT2D eigenvalue weighted by Gasteiger charge is 2.30. The first kappa shape index (κ1) is 35.9. The van der Waals surface area contributed by atoms with Crippen LogP contribution in [-0.4, -0.2) is 79.5 Å². The van der Waals surface area contributed by atoms with Gasteiger partial charge in [0.05, 0.1) is 4.90 Å². The number of urea groups is 1. The van der Waals surface area contributed by atoms with E-state index >= 15 is 0 Å². The van der Waals surface area contributed by atoms with Gasteiger partial charge in [-0.05, 0) is 73.5 Å². The molecule has 0 bridgehead atoms. The lowest BCUT2D eigenvalue weighted by molar-refractivity contribution is -0.120. The number of benzene rings is 2. The molecule has 4 amide bonds. The van der Waals surface area contributed by atoms with Gasteiger partial charge in [-0.3, -0.25) is 14.9 Å². The minimum atomic E-state index is -3.69. The van der Waals surface area contributed by atoms with E-state index in [0.29, 0.717) is 55.7 Å². The number of primary amides is 2. The van der Waals surface area contributed by atoms with Crippen LogP contribution in [0.25, 0.3) is 10.9 Å². The van der Waals surface area contributed by atoms with Crippen LogP contribution in [0.5, 0.6) is 5.75 Å². The van der Waals surface area contributed by atoms with Crippen LogP contribution in [0.4, 0.5) is 4.79 Å². The third kappa shape index (κ3) is 10.0. The molecular weight excluding hydrogens is 624 g/mol. The number of unbranched alkanes of at least 4 members (excludes halogenated alkanes) is 2. The molecule has 3 aromatic rings. The number of sulfonamides is 1. The van der Waals surface area contributed by atoms with E-state index in [2.05, 4.69) is 22.5 Å². The average Bonchev–Trinajstić information content (AvgIpc) is 3.49. The van der Waals surface area contributed by atoms with Crippen molar-refractivity contribution in [3.05, 3.63) is 59.8 Å². The summed E-state index contributed by atoms with van der Waals surface area (Å²) in [7, 11) is -3.69. The van der Waals surface area contributed by atoms with Gasteiger partial charge in [0.15, 0.2) is 0 Å². The number of rotatable bonds is 17. The predicted molar refractivity (Wildman–Crippen MR) is 178 cm³/mol. The van der Waals surface area contributed by atoms with E-state index in [9.17, 15) is 27.9 Å². The molecule has 1 aliphatic rings. The molecule has 4 rings (SSSR count). The summed E-state index contributed by atoms with van der Waals surface area (Å²) in [5.74, 6) is -0.385. The maximum atomic E-state index is 13.4. The Hall–Kier alpha value is -3.98. The number of aromatic amines is 1. The Bertz CT molecular complexity index is 1620. The summed E-state index contributed by atoms with van der Waals surface area (Å²) in [6.45, 7) is 3.88. The first-order valence-electron chi connectivity index (χ1n) is 16.1. The quantitative estimate of drug-likeness (QED) is 0.117. The van der Waals surface area contributed by atoms with Crippen LogP contribution in [0.1, 0.15) is 73.8 Å². The number of piperidine rings is 1. The monoisotopic (exact) mass is 670 g/mol. The van der Waals surface area contributed by atoms with E-state index in [4.69, 9.17) is 16.2 Å². The lowest BCUT2D eigenvalue weighted by Crippen LogP contribution is -2.42. The first-order valence-corrected chi connectivity index (χ1v) is 17.5. The number of nitrogens with zero attached hydrogens (tertiary/aromatic N) is 1. The minimum Gasteiger partial charge on any atom is -0.490 e. The highest BCUT2D eigenvalue weighted by Crippen LogP contribution is 2.30. The summed E-state index contributed by atoms with van der Waals surface area (Å²) in [6.07, 6.45) is 4.37. The van der Waals surface area contributed by atoms with E-state index in [1.165, 1.54) is 4.31 Å². The summed E-state index contributed by atoms with van der Waals surface area (Å²) in [6, 6.07) is 12.8. The van der Waals surface area contributed by atoms with Crippen LogP contribution in [-0.2, 0) is 14.8 Å². The number of hydrogen-bond donors (Lipinski definition) is 6. The molecule has 2 heterocycles. The topological polar surface area (TPSA) is 210 Å². The summed E-state index contributed by atoms with van der Waals surface area (Å²) < 4.78 is 34.2. The lowest BCUT2D eigenvalue weighted by atomic mass is 9.90. The van der Waals surface area contributed by atoms with Gasteiger partial charge in [-0.25, -0.2) is 13.2 Å². The zero-order valence-electron chi connectivity index (χ0n) is 26.7. The van der Waals surface area contributed by atoms with Crippen molar-refractivity contribution in [3.8, 4) is 5.75 Å². The number of H-pyrrole nitrogens is 1. The maximum Gasteiger partial charge on any atom is 0.318 e. The van der Waals surface area contributed by atoms with E-state index in [0.717, 1.165) is 31.2 Å². The van der Waals surface area contributed by atoms with Crippen LogP contribution in [0.15, 0.2) is 53.4 Å². The Balaban J connectivity index is 1.23. The fourth-order valence-corrected chi connectivity index (χ4v) is 7.41. The molecule has 1 saturated heterocycles. The number of carbonyl (C=O) groups excluding carboxylic acids is 3. The molecule has 1 fully saturated rings. The van der Waals surface area contributed by atoms with Gasteiger partial charge in [0, 0.05) is 37.0 Å². The normalized spacial score (nSPS) is 15.7. The second kappa shape index (κ2) is 16.7. The van der Waals surface area contributed by atoms with Crippen molar-refractivity contribution in [2.45, 2.75) is 68.8 Å². The minimum absolute atomic E-state index is 0.0543. The summed E-state index contributed by atoms with van der Waals surface area (Å²) in [5, 5.41) is 16.6. The van der Waals surface area contributed by atoms with Crippen molar-refractivity contribution in [2.24, 2.45) is 17.4 Å². The second-order valence-corrected chi connectivity index (χ2v) is 14.1. The summed E-state index contributed by atoms with van der Waals surface area (Å²) >= 11 is 0. The number of fused-ring (bicyclic) bond motifs is 1. The van der Waals surface area contributed by atoms with Crippen LogP contribution in [0.2, 0.25) is 0 Å². The Morgan fingerprint density at radius 2 is 1.81 bits per heavy atom. The molecule has 14 heteroatoms. The first-order chi connectivity index (χ1) is 22.5. The number of imide groups is 1. The third-order valence-electron chi connectivity index (χ3n) is 8.55. The van der Waals surface area contributed by atoms with Crippen LogP contribution < -0.4 is 26.8 Å². The van der Waals surface area contributed by atoms with Gasteiger partial charge in [0.1, 0.15) is 24.2 Å². The highest BCUT2D eigenvalue weighted by atomic mass is 32.2. The van der Waals surface area contributed by atoms with Gasteiger partial charge in [0.25, 0.3) is 5.91 Å². The average molecular weight is 671 g/mol. The van der Waals surface area contributed by atoms with E-state index in [-0.39, 0.29) is 35.5 Å². The zero-order valence-corrected chi connectivity index (χ0v) is 27.6. The number of nitrogens with two attached hydrogens (primary N) is 2. The molecule has 0 spiro atoms. The molecule has 1 aromatic heterocycles. The molecule has 0 radical (unpaired) electrons. The molecule has 2 unspecified atom stereocenters. The third-order valence-corrected chi connectivity index (χ3v) is 10.5. The van der Waals surface area contributed by atoms with E-state index in [1.54, 1.807) is 42.5 Å². The lowest BCUT2D eigenvalue weighted by Gasteiger charge is -2.31. The van der Waals surface area contributed by atoms with Gasteiger partial charge < -0.3 is 31.6 Å². The SMILES string of the molecule is CCCCCC(CC(=O)NC(N)=O)c1ccc(S(=O)(=O)N2CCC(CNCC(O)COc3cccc4[nH]c(C(N)=O)cc34)CC2)cc1. The van der Waals surface area contributed by atoms with Crippen molar-refractivity contribution < 1.29 is 32.6 Å². The number of carbonyl (C=O) groups is 3. The second-order valence-electron chi connectivity index (χ2n) is 12.1. The number of nitrogens with one attached hydrogen (secondary N) is 3. The van der Waals surface area contributed by atoms with E-state index < -0.39 is 34.0 Å². The van der Waals surface area contributed by atoms with E-state index in [1.807, 2.05) is 6.07 Å². The number of hydrogen-bond acceptors (Lipinski definition) is 8. The van der Waals surface area contributed by atoms with Gasteiger partial charge >= 0.3 is 6.03 Å². The van der Waals surface area contributed by atoms with Crippen molar-refractivity contribution >= 4 is 38.8 Å².